The Kier molecular flexibility index (Phi) is 2.32. The van der Waals surface area contributed by atoms with E-state index in [1.807, 2.05) is 13.8 Å². The molecule has 0 saturated carbocycles. The number of rotatable bonds is 2. The van der Waals surface area contributed by atoms with Crippen LogP contribution in [0.4, 0.5) is 0 Å². The molecule has 5 nitrogen and oxygen atoms in total. The van der Waals surface area contributed by atoms with E-state index in [1.54, 1.807) is 0 Å². The van der Waals surface area contributed by atoms with Crippen LogP contribution in [-0.4, -0.2) is 20.9 Å². The van der Waals surface area contributed by atoms with Gasteiger partial charge in [-0.25, -0.2) is 15.0 Å². The van der Waals surface area contributed by atoms with Crippen LogP contribution >= 0.6 is 0 Å². The van der Waals surface area contributed by atoms with Gasteiger partial charge in [-0.1, -0.05) is 13.8 Å². The molecule has 12 heavy (non-hydrogen) atoms. The smallest absolute Gasteiger partial charge is 0.286 e. The second-order valence-electron chi connectivity index (χ2n) is 2.69. The van der Waals surface area contributed by atoms with Gasteiger partial charge < -0.3 is 5.73 Å². The predicted molar refractivity (Wildman–Crippen MR) is 42.4 cm³/mol. The zero-order valence-electron chi connectivity index (χ0n) is 6.98. The van der Waals surface area contributed by atoms with Gasteiger partial charge >= 0.3 is 0 Å². The Labute approximate surface area is 70.1 Å². The van der Waals surface area contributed by atoms with Gasteiger partial charge in [0.2, 0.25) is 5.82 Å². The van der Waals surface area contributed by atoms with Crippen LogP contribution in [0.5, 0.6) is 0 Å². The predicted octanol–water partition coefficient (Wildman–Crippen LogP) is 0.0939. The van der Waals surface area contributed by atoms with Gasteiger partial charge in [-0.3, -0.25) is 4.79 Å². The number of nitrogens with zero attached hydrogens (tertiary/aromatic N) is 3. The van der Waals surface area contributed by atoms with E-state index < -0.39 is 5.91 Å². The molecule has 0 spiro atoms. The molecule has 0 atom stereocenters. The normalized spacial score (nSPS) is 10.2. The Hall–Kier alpha value is -1.52. The van der Waals surface area contributed by atoms with Gasteiger partial charge in [0.1, 0.15) is 12.2 Å². The third-order valence-corrected chi connectivity index (χ3v) is 1.33. The lowest BCUT2D eigenvalue weighted by molar-refractivity contribution is 0.0989. The molecule has 0 aliphatic rings. The van der Waals surface area contributed by atoms with Crippen LogP contribution in [-0.2, 0) is 0 Å². The molecule has 1 aromatic heterocycles. The number of hydrogen-bond acceptors (Lipinski definition) is 4. The monoisotopic (exact) mass is 166 g/mol. The van der Waals surface area contributed by atoms with Gasteiger partial charge in [0.15, 0.2) is 0 Å². The molecule has 0 aliphatic carbocycles. The topological polar surface area (TPSA) is 81.8 Å². The average Bonchev–Trinajstić information content (AvgIpc) is 2.04. The van der Waals surface area contributed by atoms with Gasteiger partial charge in [0.25, 0.3) is 5.91 Å². The maximum Gasteiger partial charge on any atom is 0.286 e. The number of amides is 1. The molecule has 1 rings (SSSR count). The van der Waals surface area contributed by atoms with Crippen molar-refractivity contribution in [3.05, 3.63) is 18.0 Å². The van der Waals surface area contributed by atoms with Crippen molar-refractivity contribution < 1.29 is 4.79 Å². The van der Waals surface area contributed by atoms with Crippen molar-refractivity contribution in [2.24, 2.45) is 5.73 Å². The Balaban J connectivity index is 3.04. The molecule has 64 valence electrons. The van der Waals surface area contributed by atoms with Crippen LogP contribution in [0.2, 0.25) is 0 Å². The van der Waals surface area contributed by atoms with Crippen molar-refractivity contribution in [3.8, 4) is 0 Å². The third-order valence-electron chi connectivity index (χ3n) is 1.33. The van der Waals surface area contributed by atoms with Gasteiger partial charge in [-0.05, 0) is 0 Å². The fraction of sp³-hybridized carbons (Fsp3) is 0.429. The summed E-state index contributed by atoms with van der Waals surface area (Å²) in [6.07, 6.45) is 1.29. The fourth-order valence-electron chi connectivity index (χ4n) is 0.706. The highest BCUT2D eigenvalue weighted by Gasteiger charge is 2.07. The van der Waals surface area contributed by atoms with Gasteiger partial charge in [0.05, 0.1) is 0 Å². The molecule has 5 heteroatoms. The number of carbonyl (C=O) groups excluding carboxylic acids is 1. The highest BCUT2D eigenvalue weighted by Crippen LogP contribution is 2.06. The highest BCUT2D eigenvalue weighted by atomic mass is 16.1. The molecule has 0 aromatic carbocycles. The Morgan fingerprint density at radius 1 is 1.50 bits per heavy atom. The van der Waals surface area contributed by atoms with Crippen LogP contribution < -0.4 is 5.73 Å². The Bertz CT molecular complexity index is 297. The molecular formula is C7H10N4O. The molecule has 0 aliphatic heterocycles. The van der Waals surface area contributed by atoms with Crippen molar-refractivity contribution >= 4 is 5.91 Å². The second-order valence-corrected chi connectivity index (χ2v) is 2.69. The second kappa shape index (κ2) is 3.25. The standard InChI is InChI=1S/C7H10N4O/c1-4(2)6-9-3-10-7(11-6)5(8)12/h3-4H,1-2H3,(H2,8,12). The van der Waals surface area contributed by atoms with E-state index in [0.29, 0.717) is 5.82 Å². The number of nitrogens with two attached hydrogens (primary N) is 1. The third kappa shape index (κ3) is 1.75. The number of carbonyl (C=O) groups is 1. The molecule has 0 bridgehead atoms. The van der Waals surface area contributed by atoms with Gasteiger partial charge in [0, 0.05) is 5.92 Å². The minimum atomic E-state index is -0.626. The summed E-state index contributed by atoms with van der Waals surface area (Å²) in [7, 11) is 0. The molecule has 0 fully saturated rings. The number of hydrogen-bond donors (Lipinski definition) is 1. The minimum Gasteiger partial charge on any atom is -0.363 e. The summed E-state index contributed by atoms with van der Waals surface area (Å²) >= 11 is 0. The summed E-state index contributed by atoms with van der Waals surface area (Å²) < 4.78 is 0. The lowest BCUT2D eigenvalue weighted by Gasteiger charge is -2.01. The summed E-state index contributed by atoms with van der Waals surface area (Å²) in [5.74, 6) is 0.151. The van der Waals surface area contributed by atoms with E-state index in [-0.39, 0.29) is 11.7 Å². The SMILES string of the molecule is CC(C)c1ncnc(C(N)=O)n1. The van der Waals surface area contributed by atoms with Crippen LogP contribution in [0, 0.1) is 0 Å². The van der Waals surface area contributed by atoms with Crippen LogP contribution in [0.25, 0.3) is 0 Å². The Morgan fingerprint density at radius 3 is 2.67 bits per heavy atom. The summed E-state index contributed by atoms with van der Waals surface area (Å²) in [6, 6.07) is 0. The van der Waals surface area contributed by atoms with Crippen molar-refractivity contribution in [1.82, 2.24) is 15.0 Å². The minimum absolute atomic E-state index is 0.0219. The van der Waals surface area contributed by atoms with E-state index in [0.717, 1.165) is 0 Å². The van der Waals surface area contributed by atoms with E-state index in [4.69, 9.17) is 5.73 Å². The van der Waals surface area contributed by atoms with Crippen molar-refractivity contribution in [3.63, 3.8) is 0 Å². The van der Waals surface area contributed by atoms with E-state index in [2.05, 4.69) is 15.0 Å². The summed E-state index contributed by atoms with van der Waals surface area (Å²) in [5.41, 5.74) is 4.99. The van der Waals surface area contributed by atoms with Crippen molar-refractivity contribution in [1.29, 1.82) is 0 Å². The maximum atomic E-state index is 10.6. The first-order valence-corrected chi connectivity index (χ1v) is 3.60. The number of aromatic nitrogens is 3. The largest absolute Gasteiger partial charge is 0.363 e. The first-order valence-electron chi connectivity index (χ1n) is 3.60. The fourth-order valence-corrected chi connectivity index (χ4v) is 0.706. The lowest BCUT2D eigenvalue weighted by Crippen LogP contribution is -2.17. The van der Waals surface area contributed by atoms with Gasteiger partial charge in [-0.15, -0.1) is 0 Å². The zero-order valence-corrected chi connectivity index (χ0v) is 6.98. The highest BCUT2D eigenvalue weighted by molar-refractivity contribution is 5.88. The summed E-state index contributed by atoms with van der Waals surface area (Å²) in [5, 5.41) is 0. The number of primary amides is 1. The maximum absolute atomic E-state index is 10.6. The molecule has 1 amide bonds. The summed E-state index contributed by atoms with van der Waals surface area (Å²) in [4.78, 5) is 22.0. The van der Waals surface area contributed by atoms with Gasteiger partial charge in [-0.2, -0.15) is 0 Å². The molecule has 1 heterocycles. The quantitative estimate of drug-likeness (QED) is 0.675. The molecular weight excluding hydrogens is 156 g/mol. The van der Waals surface area contributed by atoms with Crippen LogP contribution in [0.15, 0.2) is 6.33 Å². The first kappa shape index (κ1) is 8.58. The average molecular weight is 166 g/mol. The van der Waals surface area contributed by atoms with Crippen LogP contribution in [0.3, 0.4) is 0 Å². The summed E-state index contributed by atoms with van der Waals surface area (Å²) in [6.45, 7) is 3.86. The molecule has 1 aromatic rings. The van der Waals surface area contributed by atoms with Crippen molar-refractivity contribution in [2.45, 2.75) is 19.8 Å². The van der Waals surface area contributed by atoms with E-state index in [1.165, 1.54) is 6.33 Å². The molecule has 0 unspecified atom stereocenters. The molecule has 0 saturated heterocycles. The van der Waals surface area contributed by atoms with E-state index in [9.17, 15) is 4.79 Å². The van der Waals surface area contributed by atoms with E-state index >= 15 is 0 Å². The lowest BCUT2D eigenvalue weighted by atomic mass is 10.2. The Morgan fingerprint density at radius 2 is 2.17 bits per heavy atom. The van der Waals surface area contributed by atoms with Crippen LogP contribution in [0.1, 0.15) is 36.2 Å². The molecule has 0 radical (unpaired) electrons. The first-order chi connectivity index (χ1) is 5.61. The zero-order chi connectivity index (χ0) is 9.14. The van der Waals surface area contributed by atoms with Crippen molar-refractivity contribution in [2.75, 3.05) is 0 Å². The molecule has 2 N–H and O–H groups in total.